The third kappa shape index (κ3) is 3.69. The lowest BCUT2D eigenvalue weighted by Gasteiger charge is -2.10. The number of rotatable bonds is 5. The summed E-state index contributed by atoms with van der Waals surface area (Å²) in [7, 11) is 1.66. The fourth-order valence-electron chi connectivity index (χ4n) is 1.90. The molecule has 0 fully saturated rings. The predicted molar refractivity (Wildman–Crippen MR) is 77.5 cm³/mol. The number of halogens is 1. The molecule has 0 atom stereocenters. The molecule has 100 valence electrons. The van der Waals surface area contributed by atoms with Crippen LogP contribution in [0.4, 0.5) is 0 Å². The van der Waals surface area contributed by atoms with Crippen molar-refractivity contribution in [1.82, 2.24) is 10.3 Å². The van der Waals surface area contributed by atoms with Gasteiger partial charge in [0.25, 0.3) is 0 Å². The normalized spacial score (nSPS) is 10.5. The molecule has 1 N–H and O–H groups in total. The Morgan fingerprint density at radius 3 is 2.84 bits per heavy atom. The van der Waals surface area contributed by atoms with Crippen molar-refractivity contribution in [1.29, 1.82) is 0 Å². The van der Waals surface area contributed by atoms with Gasteiger partial charge in [0.05, 0.1) is 12.8 Å². The van der Waals surface area contributed by atoms with Crippen LogP contribution in [0.1, 0.15) is 16.8 Å². The molecule has 0 amide bonds. The number of hydrogen-bond donors (Lipinski definition) is 1. The summed E-state index contributed by atoms with van der Waals surface area (Å²) in [5.74, 6) is 0.842. The summed E-state index contributed by atoms with van der Waals surface area (Å²) in [6, 6.07) is 9.62. The molecule has 0 radical (unpaired) electrons. The fourth-order valence-corrected chi connectivity index (χ4v) is 2.10. The molecule has 3 nitrogen and oxygen atoms in total. The van der Waals surface area contributed by atoms with Crippen LogP contribution in [0, 0.1) is 6.92 Å². The minimum Gasteiger partial charge on any atom is -0.496 e. The Morgan fingerprint density at radius 2 is 2.11 bits per heavy atom. The lowest BCUT2D eigenvalue weighted by atomic mass is 10.2. The first-order chi connectivity index (χ1) is 9.20. The van der Waals surface area contributed by atoms with Crippen LogP contribution in [0.3, 0.4) is 0 Å². The summed E-state index contributed by atoms with van der Waals surface area (Å²) >= 11 is 6.00. The third-order valence-electron chi connectivity index (χ3n) is 2.97. The standard InChI is InChI=1S/C15H17ClN2O/c1-11-4-3-7-18-14(11)10-17-9-12-8-13(16)5-6-15(12)19-2/h3-8,17H,9-10H2,1-2H3. The van der Waals surface area contributed by atoms with Crippen LogP contribution in [-0.2, 0) is 13.1 Å². The Kier molecular flexibility index (Phi) is 4.77. The highest BCUT2D eigenvalue weighted by Crippen LogP contribution is 2.22. The Bertz CT molecular complexity index is 558. The second kappa shape index (κ2) is 6.55. The zero-order valence-electron chi connectivity index (χ0n) is 11.1. The molecule has 4 heteroatoms. The maximum absolute atomic E-state index is 6.00. The van der Waals surface area contributed by atoms with Gasteiger partial charge in [0.2, 0.25) is 0 Å². The summed E-state index contributed by atoms with van der Waals surface area (Å²) in [4.78, 5) is 4.35. The summed E-state index contributed by atoms with van der Waals surface area (Å²) in [6.07, 6.45) is 1.81. The van der Waals surface area contributed by atoms with Crippen LogP contribution < -0.4 is 10.1 Å². The predicted octanol–water partition coefficient (Wildman–Crippen LogP) is 3.34. The quantitative estimate of drug-likeness (QED) is 0.909. The van der Waals surface area contributed by atoms with Gasteiger partial charge in [0.1, 0.15) is 5.75 Å². The van der Waals surface area contributed by atoms with Crippen molar-refractivity contribution in [3.05, 3.63) is 58.4 Å². The van der Waals surface area contributed by atoms with Crippen molar-refractivity contribution >= 4 is 11.6 Å². The monoisotopic (exact) mass is 276 g/mol. The zero-order chi connectivity index (χ0) is 13.7. The molecule has 0 bridgehead atoms. The SMILES string of the molecule is COc1ccc(Cl)cc1CNCc1ncccc1C. The van der Waals surface area contributed by atoms with Gasteiger partial charge in [-0.1, -0.05) is 17.7 Å². The van der Waals surface area contributed by atoms with E-state index in [0.29, 0.717) is 11.6 Å². The van der Waals surface area contributed by atoms with Gasteiger partial charge in [-0.3, -0.25) is 4.98 Å². The molecule has 2 rings (SSSR count). The molecule has 0 saturated carbocycles. The van der Waals surface area contributed by atoms with Gasteiger partial charge in [-0.05, 0) is 36.8 Å². The van der Waals surface area contributed by atoms with Crippen LogP contribution in [0.5, 0.6) is 5.75 Å². The Morgan fingerprint density at radius 1 is 1.26 bits per heavy atom. The van der Waals surface area contributed by atoms with Crippen molar-refractivity contribution < 1.29 is 4.74 Å². The molecule has 0 aliphatic carbocycles. The van der Waals surface area contributed by atoms with Crippen molar-refractivity contribution in [2.75, 3.05) is 7.11 Å². The number of ether oxygens (including phenoxy) is 1. The number of aryl methyl sites for hydroxylation is 1. The Hall–Kier alpha value is -1.58. The van der Waals surface area contributed by atoms with E-state index < -0.39 is 0 Å². The third-order valence-corrected chi connectivity index (χ3v) is 3.20. The number of nitrogens with one attached hydrogen (secondary N) is 1. The molecule has 0 aliphatic heterocycles. The number of pyridine rings is 1. The largest absolute Gasteiger partial charge is 0.496 e. The van der Waals surface area contributed by atoms with Gasteiger partial charge in [-0.2, -0.15) is 0 Å². The van der Waals surface area contributed by atoms with Gasteiger partial charge in [0.15, 0.2) is 0 Å². The molecular formula is C15H17ClN2O. The second-order valence-electron chi connectivity index (χ2n) is 4.33. The second-order valence-corrected chi connectivity index (χ2v) is 4.76. The molecule has 0 spiro atoms. The molecule has 19 heavy (non-hydrogen) atoms. The van der Waals surface area contributed by atoms with Gasteiger partial charge in [-0.15, -0.1) is 0 Å². The smallest absolute Gasteiger partial charge is 0.123 e. The maximum Gasteiger partial charge on any atom is 0.123 e. The van der Waals surface area contributed by atoms with Crippen molar-refractivity contribution in [3.8, 4) is 5.75 Å². The lowest BCUT2D eigenvalue weighted by Crippen LogP contribution is -2.15. The molecule has 0 unspecified atom stereocenters. The van der Waals surface area contributed by atoms with E-state index in [-0.39, 0.29) is 0 Å². The molecule has 1 aromatic carbocycles. The molecule has 0 saturated heterocycles. The van der Waals surface area contributed by atoms with Crippen LogP contribution >= 0.6 is 11.6 Å². The van der Waals surface area contributed by atoms with Crippen molar-refractivity contribution in [2.45, 2.75) is 20.0 Å². The minimum absolute atomic E-state index is 0.694. The number of methoxy groups -OCH3 is 1. The number of aromatic nitrogens is 1. The van der Waals surface area contributed by atoms with E-state index in [2.05, 4.69) is 23.3 Å². The van der Waals surface area contributed by atoms with Crippen LogP contribution in [0.2, 0.25) is 5.02 Å². The van der Waals surface area contributed by atoms with Crippen LogP contribution in [-0.4, -0.2) is 12.1 Å². The van der Waals surface area contributed by atoms with Crippen LogP contribution in [0.25, 0.3) is 0 Å². The zero-order valence-corrected chi connectivity index (χ0v) is 11.9. The average molecular weight is 277 g/mol. The maximum atomic E-state index is 6.00. The summed E-state index contributed by atoms with van der Waals surface area (Å²) in [5.41, 5.74) is 3.29. The molecule has 1 aromatic heterocycles. The number of benzene rings is 1. The van der Waals surface area contributed by atoms with Gasteiger partial charge in [0, 0.05) is 29.9 Å². The lowest BCUT2D eigenvalue weighted by molar-refractivity contribution is 0.407. The van der Waals surface area contributed by atoms with Gasteiger partial charge < -0.3 is 10.1 Å². The first kappa shape index (κ1) is 13.8. The molecule has 1 heterocycles. The van der Waals surface area contributed by atoms with E-state index in [4.69, 9.17) is 16.3 Å². The Labute approximate surface area is 118 Å². The number of hydrogen-bond acceptors (Lipinski definition) is 3. The highest BCUT2D eigenvalue weighted by molar-refractivity contribution is 6.30. The van der Waals surface area contributed by atoms with E-state index in [1.807, 2.05) is 30.5 Å². The molecule has 2 aromatic rings. The van der Waals surface area contributed by atoms with E-state index in [9.17, 15) is 0 Å². The highest BCUT2D eigenvalue weighted by Gasteiger charge is 2.04. The van der Waals surface area contributed by atoms with E-state index in [0.717, 1.165) is 23.6 Å². The van der Waals surface area contributed by atoms with Crippen molar-refractivity contribution in [2.24, 2.45) is 0 Å². The van der Waals surface area contributed by atoms with E-state index >= 15 is 0 Å². The summed E-state index contributed by atoms with van der Waals surface area (Å²) in [5, 5.41) is 4.07. The van der Waals surface area contributed by atoms with E-state index in [1.54, 1.807) is 7.11 Å². The first-order valence-corrected chi connectivity index (χ1v) is 6.52. The topological polar surface area (TPSA) is 34.1 Å². The van der Waals surface area contributed by atoms with Crippen LogP contribution in [0.15, 0.2) is 36.5 Å². The molecular weight excluding hydrogens is 260 g/mol. The average Bonchev–Trinajstić information content (AvgIpc) is 2.41. The summed E-state index contributed by atoms with van der Waals surface area (Å²) < 4.78 is 5.31. The van der Waals surface area contributed by atoms with E-state index in [1.165, 1.54) is 5.56 Å². The number of nitrogens with zero attached hydrogens (tertiary/aromatic N) is 1. The highest BCUT2D eigenvalue weighted by atomic mass is 35.5. The van der Waals surface area contributed by atoms with Crippen molar-refractivity contribution in [3.63, 3.8) is 0 Å². The summed E-state index contributed by atoms with van der Waals surface area (Å²) in [6.45, 7) is 3.48. The van der Waals surface area contributed by atoms with Gasteiger partial charge >= 0.3 is 0 Å². The minimum atomic E-state index is 0.694. The Balaban J connectivity index is 2.00. The molecule has 0 aliphatic rings. The first-order valence-electron chi connectivity index (χ1n) is 6.14. The fraction of sp³-hybridized carbons (Fsp3) is 0.267. The van der Waals surface area contributed by atoms with Gasteiger partial charge in [-0.25, -0.2) is 0 Å².